The molecule has 154 valence electrons. The van der Waals surface area contributed by atoms with E-state index in [1.807, 2.05) is 41.0 Å². The first-order valence-electron chi connectivity index (χ1n) is 9.84. The molecule has 3 aromatic rings. The molecule has 1 aliphatic rings. The molecule has 0 radical (unpaired) electrons. The Balaban J connectivity index is 1.28. The van der Waals surface area contributed by atoms with E-state index in [-0.39, 0.29) is 5.75 Å². The molecule has 1 aliphatic heterocycles. The van der Waals surface area contributed by atoms with Crippen LogP contribution in [0.5, 0.6) is 0 Å². The van der Waals surface area contributed by atoms with E-state index < -0.39 is 10.0 Å². The van der Waals surface area contributed by atoms with Gasteiger partial charge < -0.3 is 9.30 Å². The van der Waals surface area contributed by atoms with Gasteiger partial charge in [0.15, 0.2) is 0 Å². The van der Waals surface area contributed by atoms with E-state index >= 15 is 0 Å². The second-order valence-electron chi connectivity index (χ2n) is 7.27. The van der Waals surface area contributed by atoms with Gasteiger partial charge in [-0.15, -0.1) is 0 Å². The topological polar surface area (TPSA) is 76.5 Å². The van der Waals surface area contributed by atoms with Gasteiger partial charge in [-0.1, -0.05) is 36.4 Å². The predicted molar refractivity (Wildman–Crippen MR) is 113 cm³/mol. The molecule has 8 heteroatoms. The lowest BCUT2D eigenvalue weighted by Gasteiger charge is -2.26. The second-order valence-corrected chi connectivity index (χ2v) is 9.20. The van der Waals surface area contributed by atoms with E-state index in [4.69, 9.17) is 4.74 Å². The summed E-state index contributed by atoms with van der Waals surface area (Å²) in [6.07, 6.45) is 1.69. The van der Waals surface area contributed by atoms with Gasteiger partial charge in [0.2, 0.25) is 10.0 Å². The quantitative estimate of drug-likeness (QED) is 0.610. The zero-order valence-corrected chi connectivity index (χ0v) is 17.1. The number of aromatic nitrogens is 2. The van der Waals surface area contributed by atoms with Crippen molar-refractivity contribution in [1.29, 1.82) is 0 Å². The van der Waals surface area contributed by atoms with Crippen molar-refractivity contribution in [2.45, 2.75) is 19.6 Å². The molecule has 1 fully saturated rings. The van der Waals surface area contributed by atoms with E-state index in [0.29, 0.717) is 13.1 Å². The van der Waals surface area contributed by atoms with Crippen LogP contribution in [0.15, 0.2) is 54.9 Å². The van der Waals surface area contributed by atoms with Crippen LogP contribution in [0.1, 0.15) is 11.1 Å². The number of aryl methyl sites for hydroxylation is 1. The smallest absolute Gasteiger partial charge is 0.213 e. The van der Waals surface area contributed by atoms with Crippen LogP contribution in [0.3, 0.4) is 0 Å². The molecule has 0 bridgehead atoms. The van der Waals surface area contributed by atoms with Crippen molar-refractivity contribution < 1.29 is 13.2 Å². The fraction of sp³-hybridized carbons (Fsp3) is 0.381. The lowest BCUT2D eigenvalue weighted by atomic mass is 10.1. The molecule has 2 aromatic carbocycles. The highest BCUT2D eigenvalue weighted by Gasteiger charge is 2.13. The lowest BCUT2D eigenvalue weighted by Crippen LogP contribution is -2.35. The molecule has 7 nitrogen and oxygen atoms in total. The summed E-state index contributed by atoms with van der Waals surface area (Å²) in [5.41, 5.74) is 3.99. The van der Waals surface area contributed by atoms with E-state index in [9.17, 15) is 8.42 Å². The molecule has 0 atom stereocenters. The minimum absolute atomic E-state index is 0.0163. The third-order valence-corrected chi connectivity index (χ3v) is 6.46. The first-order chi connectivity index (χ1) is 14.1. The summed E-state index contributed by atoms with van der Waals surface area (Å²) < 4.78 is 34.7. The molecular formula is C21H26N4O3S. The molecule has 0 aliphatic carbocycles. The van der Waals surface area contributed by atoms with Crippen molar-refractivity contribution in [3.8, 4) is 0 Å². The van der Waals surface area contributed by atoms with Crippen LogP contribution in [0.2, 0.25) is 0 Å². The number of fused-ring (bicyclic) bond motifs is 1. The van der Waals surface area contributed by atoms with Crippen LogP contribution >= 0.6 is 0 Å². The van der Waals surface area contributed by atoms with Crippen molar-refractivity contribution >= 4 is 21.1 Å². The number of hydrogen-bond acceptors (Lipinski definition) is 5. The highest BCUT2D eigenvalue weighted by atomic mass is 32.2. The summed E-state index contributed by atoms with van der Waals surface area (Å²) in [5, 5.41) is 0. The number of sulfonamides is 1. The van der Waals surface area contributed by atoms with E-state index in [2.05, 4.69) is 26.7 Å². The van der Waals surface area contributed by atoms with Gasteiger partial charge in [-0.3, -0.25) is 4.90 Å². The number of hydrogen-bond donors (Lipinski definition) is 1. The van der Waals surface area contributed by atoms with Crippen molar-refractivity contribution in [1.82, 2.24) is 19.2 Å². The summed E-state index contributed by atoms with van der Waals surface area (Å²) >= 11 is 0. The Morgan fingerprint density at radius 2 is 1.72 bits per heavy atom. The predicted octanol–water partition coefficient (Wildman–Crippen LogP) is 1.99. The first kappa shape index (κ1) is 20.0. The van der Waals surface area contributed by atoms with Gasteiger partial charge in [0.1, 0.15) is 0 Å². The largest absolute Gasteiger partial charge is 0.379 e. The van der Waals surface area contributed by atoms with Gasteiger partial charge in [-0.2, -0.15) is 0 Å². The van der Waals surface area contributed by atoms with Gasteiger partial charge in [0, 0.05) is 32.7 Å². The van der Waals surface area contributed by atoms with Gasteiger partial charge in [-0.05, 0) is 23.3 Å². The normalized spacial score (nSPS) is 15.7. The first-order valence-corrected chi connectivity index (χ1v) is 11.5. The Morgan fingerprint density at radius 1 is 1.00 bits per heavy atom. The number of morpholine rings is 1. The van der Waals surface area contributed by atoms with Crippen LogP contribution in [-0.4, -0.2) is 54.9 Å². The lowest BCUT2D eigenvalue weighted by molar-refractivity contribution is 0.0342. The number of nitrogens with one attached hydrogen (secondary N) is 1. The van der Waals surface area contributed by atoms with E-state index in [1.54, 1.807) is 6.33 Å². The number of nitrogens with zero attached hydrogens (tertiary/aromatic N) is 3. The van der Waals surface area contributed by atoms with Gasteiger partial charge >= 0.3 is 0 Å². The number of benzene rings is 2. The maximum atomic E-state index is 12.4. The average Bonchev–Trinajstić information content (AvgIpc) is 3.16. The molecule has 4 rings (SSSR count). The van der Waals surface area contributed by atoms with Gasteiger partial charge in [0.25, 0.3) is 0 Å². The average molecular weight is 415 g/mol. The second kappa shape index (κ2) is 9.04. The van der Waals surface area contributed by atoms with Crippen LogP contribution in [0.25, 0.3) is 11.0 Å². The van der Waals surface area contributed by atoms with Crippen molar-refractivity contribution in [2.75, 3.05) is 32.1 Å². The Kier molecular flexibility index (Phi) is 6.25. The molecule has 1 aromatic heterocycles. The molecule has 29 heavy (non-hydrogen) atoms. The summed E-state index contributed by atoms with van der Waals surface area (Å²) in [6.45, 7) is 5.04. The van der Waals surface area contributed by atoms with Crippen molar-refractivity contribution in [3.05, 3.63) is 66.0 Å². The highest BCUT2D eigenvalue weighted by Crippen LogP contribution is 2.12. The molecule has 2 heterocycles. The van der Waals surface area contributed by atoms with Crippen LogP contribution in [-0.2, 0) is 34.4 Å². The third-order valence-electron chi connectivity index (χ3n) is 5.16. The molecule has 0 saturated carbocycles. The fourth-order valence-corrected chi connectivity index (χ4v) is 4.42. The fourth-order valence-electron chi connectivity index (χ4n) is 3.45. The number of rotatable bonds is 8. The number of imidazole rings is 1. The van der Waals surface area contributed by atoms with E-state index in [0.717, 1.165) is 49.4 Å². The molecule has 0 unspecified atom stereocenters. The monoisotopic (exact) mass is 414 g/mol. The standard InChI is InChI=1S/C21H26N4O3S/c26-29(27,14-11-25-17-22-20-3-1-2-4-21(20)25)23-15-18-5-7-19(8-6-18)16-24-9-12-28-13-10-24/h1-8,17,23H,9-16H2. The third kappa shape index (κ3) is 5.42. The van der Waals surface area contributed by atoms with Crippen molar-refractivity contribution in [3.63, 3.8) is 0 Å². The molecule has 1 N–H and O–H groups in total. The van der Waals surface area contributed by atoms with Gasteiger partial charge in [-0.25, -0.2) is 18.1 Å². The zero-order chi connectivity index (χ0) is 20.1. The minimum atomic E-state index is -3.38. The number of ether oxygens (including phenoxy) is 1. The maximum Gasteiger partial charge on any atom is 0.213 e. The van der Waals surface area contributed by atoms with Crippen molar-refractivity contribution in [2.24, 2.45) is 0 Å². The Bertz CT molecular complexity index is 1040. The molecule has 1 saturated heterocycles. The van der Waals surface area contributed by atoms with Crippen LogP contribution in [0.4, 0.5) is 0 Å². The Labute approximate surface area is 171 Å². The van der Waals surface area contributed by atoms with Gasteiger partial charge in [0.05, 0.1) is 36.3 Å². The molecule has 0 amide bonds. The van der Waals surface area contributed by atoms with Crippen LogP contribution in [0, 0.1) is 0 Å². The van der Waals surface area contributed by atoms with E-state index in [1.165, 1.54) is 5.56 Å². The minimum Gasteiger partial charge on any atom is -0.379 e. The SMILES string of the molecule is O=S(=O)(CCn1cnc2ccccc21)NCc1ccc(CN2CCOCC2)cc1. The summed E-state index contributed by atoms with van der Waals surface area (Å²) in [4.78, 5) is 6.66. The summed E-state index contributed by atoms with van der Waals surface area (Å²) in [6, 6.07) is 15.8. The Morgan fingerprint density at radius 3 is 2.52 bits per heavy atom. The molecular weight excluding hydrogens is 388 g/mol. The summed E-state index contributed by atoms with van der Waals surface area (Å²) in [7, 11) is -3.38. The maximum absolute atomic E-state index is 12.4. The summed E-state index contributed by atoms with van der Waals surface area (Å²) in [5.74, 6) is 0.0163. The zero-order valence-electron chi connectivity index (χ0n) is 16.3. The highest BCUT2D eigenvalue weighted by molar-refractivity contribution is 7.89. The van der Waals surface area contributed by atoms with Crippen LogP contribution < -0.4 is 4.72 Å². The Hall–Kier alpha value is -2.26. The molecule has 0 spiro atoms. The number of para-hydroxylation sites is 2.